The topological polar surface area (TPSA) is 73.8 Å². The fraction of sp³-hybridized carbons (Fsp3) is 0.524. The molecule has 0 N–H and O–H groups in total. The van der Waals surface area contributed by atoms with Gasteiger partial charge in [0, 0.05) is 14.1 Å². The molecule has 2 aliphatic rings. The molecule has 1 aromatic carbocycles. The van der Waals surface area contributed by atoms with Gasteiger partial charge in [0.05, 0.1) is 16.3 Å². The number of hydrogen-bond acceptors (Lipinski definition) is 5. The van der Waals surface area contributed by atoms with Crippen LogP contribution in [0.15, 0.2) is 24.3 Å². The zero-order chi connectivity index (χ0) is 20.8. The first-order chi connectivity index (χ1) is 13.8. The highest BCUT2D eigenvalue weighted by atomic mass is 32.1. The lowest BCUT2D eigenvalue weighted by atomic mass is 9.81. The van der Waals surface area contributed by atoms with Crippen LogP contribution >= 0.6 is 11.3 Å². The Hall–Kier alpha value is -2.48. The van der Waals surface area contributed by atoms with Gasteiger partial charge in [-0.05, 0) is 31.9 Å². The van der Waals surface area contributed by atoms with E-state index in [2.05, 4.69) is 4.98 Å². The van der Waals surface area contributed by atoms with Gasteiger partial charge in [-0.15, -0.1) is 11.3 Å². The quantitative estimate of drug-likeness (QED) is 0.719. The molecule has 2 heterocycles. The number of carbonyl (C=O) groups excluding carboxylic acids is 3. The monoisotopic (exact) mass is 414 g/mol. The Kier molecular flexibility index (Phi) is 5.06. The van der Waals surface area contributed by atoms with Crippen molar-refractivity contribution in [1.29, 1.82) is 0 Å². The molecule has 7 nitrogen and oxygen atoms in total. The third-order valence-electron chi connectivity index (χ3n) is 6.42. The van der Waals surface area contributed by atoms with E-state index in [0.29, 0.717) is 12.8 Å². The highest BCUT2D eigenvalue weighted by Crippen LogP contribution is 2.39. The van der Waals surface area contributed by atoms with Crippen molar-refractivity contribution in [3.63, 3.8) is 0 Å². The van der Waals surface area contributed by atoms with Crippen LogP contribution in [0.4, 0.5) is 4.79 Å². The van der Waals surface area contributed by atoms with Crippen LogP contribution in [0.2, 0.25) is 0 Å². The van der Waals surface area contributed by atoms with Gasteiger partial charge < -0.3 is 9.80 Å². The molecule has 154 valence electrons. The van der Waals surface area contributed by atoms with E-state index in [1.54, 1.807) is 35.2 Å². The number of aromatic nitrogens is 1. The van der Waals surface area contributed by atoms with Crippen LogP contribution < -0.4 is 0 Å². The first-order valence-electron chi connectivity index (χ1n) is 10.1. The lowest BCUT2D eigenvalue weighted by Crippen LogP contribution is -2.49. The van der Waals surface area contributed by atoms with E-state index in [4.69, 9.17) is 0 Å². The molecule has 1 atom stereocenters. The molecular formula is C21H26N4O3S. The molecule has 2 aromatic rings. The predicted octanol–water partition coefficient (Wildman–Crippen LogP) is 3.41. The molecular weight excluding hydrogens is 388 g/mol. The van der Waals surface area contributed by atoms with Gasteiger partial charge in [0.1, 0.15) is 17.1 Å². The number of carbonyl (C=O) groups is 3. The summed E-state index contributed by atoms with van der Waals surface area (Å²) in [6.07, 6.45) is 4.30. The lowest BCUT2D eigenvalue weighted by molar-refractivity contribution is -0.140. The Balaban J connectivity index is 1.49. The van der Waals surface area contributed by atoms with E-state index in [9.17, 15) is 14.4 Å². The Morgan fingerprint density at radius 1 is 1.24 bits per heavy atom. The minimum atomic E-state index is -0.757. The van der Waals surface area contributed by atoms with Crippen molar-refractivity contribution < 1.29 is 14.4 Å². The van der Waals surface area contributed by atoms with Crippen LogP contribution in [-0.4, -0.2) is 63.7 Å². The van der Waals surface area contributed by atoms with Crippen LogP contribution in [0.1, 0.15) is 50.1 Å². The van der Waals surface area contributed by atoms with Gasteiger partial charge in [-0.1, -0.05) is 31.4 Å². The van der Waals surface area contributed by atoms with Crippen molar-refractivity contribution in [2.75, 3.05) is 20.6 Å². The first-order valence-corrected chi connectivity index (χ1v) is 10.9. The van der Waals surface area contributed by atoms with E-state index in [1.807, 2.05) is 31.2 Å². The Morgan fingerprint density at radius 2 is 1.93 bits per heavy atom. The van der Waals surface area contributed by atoms with E-state index in [1.165, 1.54) is 0 Å². The van der Waals surface area contributed by atoms with Gasteiger partial charge >= 0.3 is 6.03 Å². The number of hydrogen-bond donors (Lipinski definition) is 0. The summed E-state index contributed by atoms with van der Waals surface area (Å²) in [7, 11) is 3.38. The van der Waals surface area contributed by atoms with E-state index >= 15 is 0 Å². The summed E-state index contributed by atoms with van der Waals surface area (Å²) in [5, 5.41) is 0.835. The van der Waals surface area contributed by atoms with E-state index in [-0.39, 0.29) is 30.4 Å². The summed E-state index contributed by atoms with van der Waals surface area (Å²) in [5.41, 5.74) is 0.151. The van der Waals surface area contributed by atoms with E-state index in [0.717, 1.165) is 39.4 Å². The molecule has 29 heavy (non-hydrogen) atoms. The predicted molar refractivity (Wildman–Crippen MR) is 111 cm³/mol. The number of thiazole rings is 1. The molecule has 2 fully saturated rings. The number of nitrogens with zero attached hydrogens (tertiary/aromatic N) is 4. The standard InChI is InChI=1S/C21H26N4O3S/c1-14(18-22-15-9-5-6-10-16(15)29-18)23(2)17(26)13-25-19(27)21(24(3)20(25)28)11-7-4-8-12-21/h5-6,9-10,14H,4,7-8,11-13H2,1-3H3/t14-/m0/s1. The molecule has 1 aliphatic carbocycles. The van der Waals surface area contributed by atoms with Crippen molar-refractivity contribution in [2.45, 2.75) is 50.6 Å². The van der Waals surface area contributed by atoms with Crippen LogP contribution in [0.3, 0.4) is 0 Å². The van der Waals surface area contributed by atoms with Crippen LogP contribution in [-0.2, 0) is 9.59 Å². The molecule has 8 heteroatoms. The molecule has 1 saturated carbocycles. The highest BCUT2D eigenvalue weighted by molar-refractivity contribution is 7.18. The average Bonchev–Trinajstić information content (AvgIpc) is 3.24. The maximum atomic E-state index is 13.1. The van der Waals surface area contributed by atoms with Gasteiger partial charge in [-0.3, -0.25) is 14.5 Å². The number of benzene rings is 1. The van der Waals surface area contributed by atoms with Gasteiger partial charge in [0.2, 0.25) is 5.91 Å². The van der Waals surface area contributed by atoms with Gasteiger partial charge in [-0.25, -0.2) is 9.78 Å². The molecule has 1 spiro atoms. The minimum absolute atomic E-state index is 0.223. The molecule has 0 bridgehead atoms. The third-order valence-corrected chi connectivity index (χ3v) is 7.63. The van der Waals surface area contributed by atoms with E-state index < -0.39 is 5.54 Å². The van der Waals surface area contributed by atoms with Gasteiger partial charge in [-0.2, -0.15) is 0 Å². The van der Waals surface area contributed by atoms with Crippen LogP contribution in [0.25, 0.3) is 10.2 Å². The van der Waals surface area contributed by atoms with Gasteiger partial charge in [0.25, 0.3) is 5.91 Å². The molecule has 4 rings (SSSR count). The lowest BCUT2D eigenvalue weighted by Gasteiger charge is -2.35. The fourth-order valence-corrected chi connectivity index (χ4v) is 5.43. The van der Waals surface area contributed by atoms with Crippen LogP contribution in [0.5, 0.6) is 0 Å². The average molecular weight is 415 g/mol. The second kappa shape index (κ2) is 7.40. The van der Waals surface area contributed by atoms with Crippen molar-refractivity contribution in [1.82, 2.24) is 19.7 Å². The van der Waals surface area contributed by atoms with Gasteiger partial charge in [0.15, 0.2) is 0 Å². The Bertz CT molecular complexity index is 933. The number of rotatable bonds is 4. The van der Waals surface area contributed by atoms with Crippen molar-refractivity contribution in [3.8, 4) is 0 Å². The number of fused-ring (bicyclic) bond motifs is 1. The normalized spacial score (nSPS) is 20.0. The Labute approximate surface area is 174 Å². The number of amides is 4. The largest absolute Gasteiger partial charge is 0.335 e. The van der Waals surface area contributed by atoms with Crippen molar-refractivity contribution in [2.24, 2.45) is 0 Å². The van der Waals surface area contributed by atoms with Crippen molar-refractivity contribution >= 4 is 39.4 Å². The maximum Gasteiger partial charge on any atom is 0.327 e. The molecule has 1 aromatic heterocycles. The molecule has 4 amide bonds. The maximum absolute atomic E-state index is 13.1. The molecule has 1 aliphatic heterocycles. The second-order valence-electron chi connectivity index (χ2n) is 8.03. The van der Waals surface area contributed by atoms with Crippen molar-refractivity contribution in [3.05, 3.63) is 29.3 Å². The summed E-state index contributed by atoms with van der Waals surface area (Å²) >= 11 is 1.55. The summed E-state index contributed by atoms with van der Waals surface area (Å²) in [6, 6.07) is 7.25. The minimum Gasteiger partial charge on any atom is -0.335 e. The SMILES string of the molecule is C[C@@H](c1nc2ccccc2s1)N(C)C(=O)CN1C(=O)N(C)C2(CCCCC2)C1=O. The molecule has 0 unspecified atom stereocenters. The Morgan fingerprint density at radius 3 is 2.62 bits per heavy atom. The highest BCUT2D eigenvalue weighted by Gasteiger charge is 2.56. The van der Waals surface area contributed by atoms with Crippen LogP contribution in [0, 0.1) is 0 Å². The summed E-state index contributed by atoms with van der Waals surface area (Å²) < 4.78 is 1.07. The number of urea groups is 1. The fourth-order valence-electron chi connectivity index (χ4n) is 4.37. The molecule has 0 radical (unpaired) electrons. The number of imide groups is 1. The first kappa shape index (κ1) is 19.8. The summed E-state index contributed by atoms with van der Waals surface area (Å²) in [6.45, 7) is 1.69. The number of para-hydroxylation sites is 1. The smallest absolute Gasteiger partial charge is 0.327 e. The third kappa shape index (κ3) is 3.19. The summed E-state index contributed by atoms with van der Waals surface area (Å²) in [4.78, 5) is 47.7. The summed E-state index contributed by atoms with van der Waals surface area (Å²) in [5.74, 6) is -0.487. The zero-order valence-electron chi connectivity index (χ0n) is 17.1. The molecule has 1 saturated heterocycles. The zero-order valence-corrected chi connectivity index (χ0v) is 17.9. The number of likely N-dealkylation sites (N-methyl/N-ethyl adjacent to an activating group) is 2. The second-order valence-corrected chi connectivity index (χ2v) is 9.09.